The maximum atomic E-state index is 13.3. The molecule has 2 aromatic carbocycles. The van der Waals surface area contributed by atoms with Crippen LogP contribution in [0.25, 0.3) is 0 Å². The van der Waals surface area contributed by atoms with E-state index in [0.29, 0.717) is 18.6 Å². The van der Waals surface area contributed by atoms with Gasteiger partial charge in [-0.05, 0) is 43.3 Å². The molecular weight excluding hydrogens is 343 g/mol. The number of rotatable bonds is 6. The molecule has 130 valence electrons. The molecule has 1 unspecified atom stereocenters. The molecular formula is C18H17FN2O3S. The Hall–Kier alpha value is -2.54. The minimum atomic E-state index is -0.707. The number of ether oxygens (including phenoxy) is 1. The predicted molar refractivity (Wildman–Crippen MR) is 96.2 cm³/mol. The first-order chi connectivity index (χ1) is 12.0. The van der Waals surface area contributed by atoms with E-state index in [1.165, 1.54) is 12.1 Å². The summed E-state index contributed by atoms with van der Waals surface area (Å²) in [5, 5.41) is 0. The molecule has 0 aromatic heterocycles. The number of nitrogens with zero attached hydrogens (tertiary/aromatic N) is 1. The third-order valence-electron chi connectivity index (χ3n) is 3.94. The summed E-state index contributed by atoms with van der Waals surface area (Å²) < 4.78 is 26.8. The molecule has 0 radical (unpaired) electrons. The van der Waals surface area contributed by atoms with Crippen LogP contribution in [-0.4, -0.2) is 17.9 Å². The Balaban J connectivity index is 2.00. The van der Waals surface area contributed by atoms with E-state index >= 15 is 0 Å². The summed E-state index contributed by atoms with van der Waals surface area (Å²) in [5.41, 5.74) is 2.43. The summed E-state index contributed by atoms with van der Waals surface area (Å²) in [6.45, 7) is 4.25. The SMILES string of the molecule is CCC1(C)N=C(c2ccc(F)cc2)c2ccc(NSOC=O)cc2O1. The standard InChI is InChI=1S/C18H17FN2O3S/c1-3-18(2)20-17(12-4-6-13(19)7-5-12)15-9-8-14(10-16(15)24-18)21-25-23-11-22/h4-11,21H,3H2,1-2H3. The first kappa shape index (κ1) is 17.3. The second kappa shape index (κ2) is 7.14. The highest BCUT2D eigenvalue weighted by Gasteiger charge is 2.31. The summed E-state index contributed by atoms with van der Waals surface area (Å²) >= 11 is 0.816. The van der Waals surface area contributed by atoms with Gasteiger partial charge in [0.2, 0.25) is 0 Å². The van der Waals surface area contributed by atoms with Gasteiger partial charge in [0.1, 0.15) is 11.6 Å². The van der Waals surface area contributed by atoms with Gasteiger partial charge in [-0.2, -0.15) is 0 Å². The van der Waals surface area contributed by atoms with Crippen LogP contribution >= 0.6 is 12.2 Å². The Labute approximate surface area is 149 Å². The summed E-state index contributed by atoms with van der Waals surface area (Å²) in [7, 11) is 0. The van der Waals surface area contributed by atoms with Crippen LogP contribution in [0.4, 0.5) is 10.1 Å². The fraction of sp³-hybridized carbons (Fsp3) is 0.222. The van der Waals surface area contributed by atoms with E-state index in [1.807, 2.05) is 32.0 Å². The van der Waals surface area contributed by atoms with Crippen molar-refractivity contribution < 1.29 is 18.1 Å². The van der Waals surface area contributed by atoms with Crippen LogP contribution < -0.4 is 9.46 Å². The Bertz CT molecular complexity index is 810. The molecule has 1 aliphatic heterocycles. The van der Waals surface area contributed by atoms with Crippen molar-refractivity contribution in [2.45, 2.75) is 26.0 Å². The van der Waals surface area contributed by atoms with Crippen molar-refractivity contribution in [1.82, 2.24) is 0 Å². The van der Waals surface area contributed by atoms with Crippen LogP contribution in [-0.2, 0) is 8.98 Å². The maximum Gasteiger partial charge on any atom is 0.307 e. The first-order valence-electron chi connectivity index (χ1n) is 7.76. The van der Waals surface area contributed by atoms with Gasteiger partial charge in [-0.15, -0.1) is 0 Å². The zero-order chi connectivity index (χ0) is 17.9. The lowest BCUT2D eigenvalue weighted by Crippen LogP contribution is -2.35. The maximum absolute atomic E-state index is 13.3. The number of hydrogen-bond acceptors (Lipinski definition) is 6. The van der Waals surface area contributed by atoms with Crippen LogP contribution in [0.15, 0.2) is 47.5 Å². The molecule has 0 amide bonds. The molecule has 1 heterocycles. The Morgan fingerprint density at radius 2 is 2.08 bits per heavy atom. The van der Waals surface area contributed by atoms with Crippen molar-refractivity contribution in [3.8, 4) is 5.75 Å². The van der Waals surface area contributed by atoms with Crippen LogP contribution in [0, 0.1) is 5.82 Å². The quantitative estimate of drug-likeness (QED) is 0.360. The molecule has 0 saturated heterocycles. The molecule has 2 aromatic rings. The number of benzene rings is 2. The number of carbonyl (C=O) groups is 1. The van der Waals surface area contributed by atoms with Crippen molar-refractivity contribution in [3.63, 3.8) is 0 Å². The highest BCUT2D eigenvalue weighted by atomic mass is 32.2. The molecule has 0 spiro atoms. The van der Waals surface area contributed by atoms with Crippen molar-refractivity contribution in [3.05, 3.63) is 59.4 Å². The average molecular weight is 360 g/mol. The van der Waals surface area contributed by atoms with Crippen LogP contribution in [0.5, 0.6) is 5.75 Å². The van der Waals surface area contributed by atoms with E-state index in [-0.39, 0.29) is 5.82 Å². The zero-order valence-corrected chi connectivity index (χ0v) is 14.6. The fourth-order valence-corrected chi connectivity index (χ4v) is 2.80. The molecule has 25 heavy (non-hydrogen) atoms. The minimum Gasteiger partial charge on any atom is -0.466 e. The van der Waals surface area contributed by atoms with Gasteiger partial charge in [0.05, 0.1) is 11.4 Å². The van der Waals surface area contributed by atoms with Gasteiger partial charge >= 0.3 is 6.47 Å². The molecule has 1 atom stereocenters. The van der Waals surface area contributed by atoms with Gasteiger partial charge in [-0.25, -0.2) is 9.38 Å². The van der Waals surface area contributed by atoms with E-state index in [2.05, 4.69) is 8.91 Å². The number of anilines is 1. The molecule has 0 saturated carbocycles. The lowest BCUT2D eigenvalue weighted by molar-refractivity contribution is -0.119. The summed E-state index contributed by atoms with van der Waals surface area (Å²) in [6.07, 6.45) is 0.678. The van der Waals surface area contributed by atoms with E-state index < -0.39 is 5.72 Å². The lowest BCUT2D eigenvalue weighted by Gasteiger charge is -2.32. The third kappa shape index (κ3) is 3.76. The number of halogens is 1. The van der Waals surface area contributed by atoms with Gasteiger partial charge in [0, 0.05) is 23.6 Å². The monoisotopic (exact) mass is 360 g/mol. The first-order valence-corrected chi connectivity index (χ1v) is 8.50. The van der Waals surface area contributed by atoms with E-state index in [9.17, 15) is 9.18 Å². The van der Waals surface area contributed by atoms with Crippen molar-refractivity contribution in [1.29, 1.82) is 0 Å². The molecule has 1 aliphatic rings. The predicted octanol–water partition coefficient (Wildman–Crippen LogP) is 4.33. The summed E-state index contributed by atoms with van der Waals surface area (Å²) in [6, 6.07) is 11.8. The summed E-state index contributed by atoms with van der Waals surface area (Å²) in [4.78, 5) is 15.0. The van der Waals surface area contributed by atoms with Crippen molar-refractivity contribution in [2.75, 3.05) is 4.72 Å². The molecule has 5 nitrogen and oxygen atoms in total. The van der Waals surface area contributed by atoms with Gasteiger partial charge in [0.25, 0.3) is 0 Å². The van der Waals surface area contributed by atoms with Crippen molar-refractivity contribution >= 4 is 30.1 Å². The molecule has 7 heteroatoms. The van der Waals surface area contributed by atoms with E-state index in [0.717, 1.165) is 34.8 Å². The van der Waals surface area contributed by atoms with Crippen LogP contribution in [0.2, 0.25) is 0 Å². The Morgan fingerprint density at radius 1 is 1.32 bits per heavy atom. The topological polar surface area (TPSA) is 59.9 Å². The van der Waals surface area contributed by atoms with Gasteiger partial charge in [-0.1, -0.05) is 6.92 Å². The molecule has 0 bridgehead atoms. The number of carbonyl (C=O) groups excluding carboxylic acids is 1. The lowest BCUT2D eigenvalue weighted by atomic mass is 9.98. The van der Waals surface area contributed by atoms with E-state index in [4.69, 9.17) is 9.73 Å². The number of fused-ring (bicyclic) bond motifs is 1. The highest BCUT2D eigenvalue weighted by molar-refractivity contribution is 7.96. The molecule has 3 rings (SSSR count). The fourth-order valence-electron chi connectivity index (χ4n) is 2.49. The van der Waals surface area contributed by atoms with Crippen LogP contribution in [0.1, 0.15) is 31.4 Å². The van der Waals surface area contributed by atoms with Gasteiger partial charge < -0.3 is 8.92 Å². The number of aliphatic imine (C=N–C) groups is 1. The van der Waals surface area contributed by atoms with Crippen molar-refractivity contribution in [2.24, 2.45) is 4.99 Å². The molecule has 1 N–H and O–H groups in total. The second-order valence-corrected chi connectivity index (χ2v) is 6.25. The minimum absolute atomic E-state index is 0.290. The highest BCUT2D eigenvalue weighted by Crippen LogP contribution is 2.36. The largest absolute Gasteiger partial charge is 0.466 e. The smallest absolute Gasteiger partial charge is 0.307 e. The normalized spacial score (nSPS) is 18.6. The van der Waals surface area contributed by atoms with Gasteiger partial charge in [0.15, 0.2) is 18.0 Å². The summed E-state index contributed by atoms with van der Waals surface area (Å²) in [5.74, 6) is 0.372. The molecule has 0 aliphatic carbocycles. The average Bonchev–Trinajstić information content (AvgIpc) is 2.62. The Morgan fingerprint density at radius 3 is 2.76 bits per heavy atom. The third-order valence-corrected chi connectivity index (χ3v) is 4.43. The van der Waals surface area contributed by atoms with Gasteiger partial charge in [-0.3, -0.25) is 9.52 Å². The zero-order valence-electron chi connectivity index (χ0n) is 13.8. The number of nitrogens with one attached hydrogen (secondary N) is 1. The molecule has 0 fully saturated rings. The van der Waals surface area contributed by atoms with Crippen LogP contribution in [0.3, 0.4) is 0 Å². The second-order valence-electron chi connectivity index (χ2n) is 5.69. The van der Waals surface area contributed by atoms with E-state index in [1.54, 1.807) is 12.1 Å². The number of hydrogen-bond donors (Lipinski definition) is 1. The Kier molecular flexibility index (Phi) is 4.94.